The number of aryl methyl sites for hydroxylation is 2. The van der Waals surface area contributed by atoms with Gasteiger partial charge in [0.15, 0.2) is 0 Å². The number of aromatic amines is 1. The molecule has 0 atom stereocenters. The van der Waals surface area contributed by atoms with Crippen LogP contribution in [-0.4, -0.2) is 28.5 Å². The molecule has 31 heavy (non-hydrogen) atoms. The van der Waals surface area contributed by atoms with E-state index in [9.17, 15) is 9.59 Å². The fraction of sp³-hybridized carbons (Fsp3) is 0.560. The fourth-order valence-electron chi connectivity index (χ4n) is 4.89. The minimum atomic E-state index is -0.197. The zero-order valence-corrected chi connectivity index (χ0v) is 19.5. The Balaban J connectivity index is 1.76. The summed E-state index contributed by atoms with van der Waals surface area (Å²) in [6.45, 7) is 11.3. The molecule has 2 aromatic heterocycles. The Labute approximate surface area is 185 Å². The average molecular weight is 425 g/mol. The number of H-pyrrole nitrogens is 1. The van der Waals surface area contributed by atoms with Crippen LogP contribution in [0.15, 0.2) is 23.3 Å². The quantitative estimate of drug-likeness (QED) is 0.690. The molecule has 2 aromatic rings. The molecular formula is C25H36N4O2. The monoisotopic (exact) mass is 424 g/mol. The Morgan fingerprint density at radius 1 is 1.16 bits per heavy atom. The van der Waals surface area contributed by atoms with Gasteiger partial charge in [-0.2, -0.15) is 0 Å². The molecule has 168 valence electrons. The number of amides is 1. The van der Waals surface area contributed by atoms with E-state index in [1.165, 1.54) is 32.1 Å². The van der Waals surface area contributed by atoms with Gasteiger partial charge in [-0.3, -0.25) is 14.6 Å². The summed E-state index contributed by atoms with van der Waals surface area (Å²) < 4.78 is 0. The van der Waals surface area contributed by atoms with Crippen LogP contribution in [0.3, 0.4) is 0 Å². The Kier molecular flexibility index (Phi) is 7.52. The van der Waals surface area contributed by atoms with Gasteiger partial charge < -0.3 is 15.2 Å². The number of nitrogens with zero attached hydrogens (tertiary/aromatic N) is 2. The zero-order chi connectivity index (χ0) is 22.5. The first kappa shape index (κ1) is 23.0. The average Bonchev–Trinajstić information content (AvgIpc) is 2.75. The minimum Gasteiger partial charge on any atom is -0.367 e. The van der Waals surface area contributed by atoms with Gasteiger partial charge in [0.2, 0.25) is 0 Å². The molecule has 0 aliphatic heterocycles. The van der Waals surface area contributed by atoms with Gasteiger partial charge in [0.25, 0.3) is 11.5 Å². The van der Waals surface area contributed by atoms with E-state index in [-0.39, 0.29) is 18.0 Å². The number of aromatic nitrogens is 2. The first-order chi connectivity index (χ1) is 14.8. The van der Waals surface area contributed by atoms with Gasteiger partial charge in [-0.15, -0.1) is 0 Å². The lowest BCUT2D eigenvalue weighted by Gasteiger charge is -2.38. The normalized spacial score (nSPS) is 18.6. The summed E-state index contributed by atoms with van der Waals surface area (Å²) in [6, 6.07) is 2.42. The number of carbonyl (C=O) groups is 1. The topological polar surface area (TPSA) is 78.1 Å². The largest absolute Gasteiger partial charge is 0.367 e. The molecule has 2 N–H and O–H groups in total. The highest BCUT2D eigenvalue weighted by molar-refractivity contribution is 5.96. The number of pyridine rings is 2. The molecule has 6 heteroatoms. The number of rotatable bonds is 7. The predicted molar refractivity (Wildman–Crippen MR) is 126 cm³/mol. The van der Waals surface area contributed by atoms with Crippen LogP contribution in [0, 0.1) is 26.7 Å². The van der Waals surface area contributed by atoms with Crippen LogP contribution in [0.5, 0.6) is 0 Å². The van der Waals surface area contributed by atoms with Crippen LogP contribution in [0.4, 0.5) is 5.69 Å². The van der Waals surface area contributed by atoms with Crippen molar-refractivity contribution < 1.29 is 4.79 Å². The number of carbonyl (C=O) groups excluding carboxylic acids is 1. The molecule has 1 aliphatic rings. The van der Waals surface area contributed by atoms with E-state index in [1.807, 2.05) is 33.0 Å². The molecule has 0 saturated heterocycles. The maximum Gasteiger partial charge on any atom is 0.253 e. The van der Waals surface area contributed by atoms with E-state index in [0.717, 1.165) is 35.0 Å². The highest BCUT2D eigenvalue weighted by Crippen LogP contribution is 2.33. The van der Waals surface area contributed by atoms with E-state index in [4.69, 9.17) is 0 Å². The van der Waals surface area contributed by atoms with Crippen molar-refractivity contribution in [3.05, 3.63) is 56.8 Å². The number of hydrogen-bond acceptors (Lipinski definition) is 4. The van der Waals surface area contributed by atoms with Crippen molar-refractivity contribution in [2.45, 2.75) is 79.3 Å². The zero-order valence-electron chi connectivity index (χ0n) is 19.5. The van der Waals surface area contributed by atoms with Crippen molar-refractivity contribution >= 4 is 11.6 Å². The molecule has 6 nitrogen and oxygen atoms in total. The number of nitrogens with one attached hydrogen (secondary N) is 2. The van der Waals surface area contributed by atoms with E-state index in [1.54, 1.807) is 6.20 Å². The second-order valence-corrected chi connectivity index (χ2v) is 8.83. The Morgan fingerprint density at radius 2 is 1.87 bits per heavy atom. The van der Waals surface area contributed by atoms with Crippen molar-refractivity contribution in [3.63, 3.8) is 0 Å². The van der Waals surface area contributed by atoms with E-state index < -0.39 is 0 Å². The summed E-state index contributed by atoms with van der Waals surface area (Å²) in [6.07, 6.45) is 9.70. The molecule has 1 fully saturated rings. The Hall–Kier alpha value is -2.63. The molecule has 3 rings (SSSR count). The van der Waals surface area contributed by atoms with E-state index in [2.05, 4.69) is 34.0 Å². The molecule has 1 amide bonds. The maximum absolute atomic E-state index is 13.0. The smallest absolute Gasteiger partial charge is 0.253 e. The molecule has 0 unspecified atom stereocenters. The summed E-state index contributed by atoms with van der Waals surface area (Å²) in [4.78, 5) is 34.8. The van der Waals surface area contributed by atoms with Crippen LogP contribution < -0.4 is 15.8 Å². The van der Waals surface area contributed by atoms with Gasteiger partial charge in [-0.1, -0.05) is 13.3 Å². The third kappa shape index (κ3) is 5.17. The Morgan fingerprint density at radius 3 is 2.48 bits per heavy atom. The maximum atomic E-state index is 13.0. The van der Waals surface area contributed by atoms with Gasteiger partial charge in [0.1, 0.15) is 0 Å². The SMILES string of the molecule is CCC1CCC(N(CC)c2cncc(C(=O)NCc3c(C)cc(C)[nH]c3=O)c2C)CC1. The third-order valence-electron chi connectivity index (χ3n) is 6.84. The van der Waals surface area contributed by atoms with E-state index in [0.29, 0.717) is 17.2 Å². The molecular weight excluding hydrogens is 388 g/mol. The van der Waals surface area contributed by atoms with Crippen LogP contribution in [-0.2, 0) is 6.54 Å². The van der Waals surface area contributed by atoms with Gasteiger partial charge in [-0.05, 0) is 76.5 Å². The lowest BCUT2D eigenvalue weighted by Crippen LogP contribution is -2.39. The van der Waals surface area contributed by atoms with Crippen LogP contribution in [0.1, 0.15) is 78.7 Å². The molecule has 1 saturated carbocycles. The van der Waals surface area contributed by atoms with E-state index >= 15 is 0 Å². The molecule has 0 radical (unpaired) electrons. The van der Waals surface area contributed by atoms with Crippen molar-refractivity contribution in [2.24, 2.45) is 5.92 Å². The molecule has 1 aliphatic carbocycles. The van der Waals surface area contributed by atoms with Gasteiger partial charge in [0.05, 0.1) is 17.4 Å². The summed E-state index contributed by atoms with van der Waals surface area (Å²) in [5.74, 6) is 0.650. The van der Waals surface area contributed by atoms with Crippen LogP contribution >= 0.6 is 0 Å². The van der Waals surface area contributed by atoms with Crippen LogP contribution in [0.2, 0.25) is 0 Å². The van der Waals surface area contributed by atoms with Crippen molar-refractivity contribution in [2.75, 3.05) is 11.4 Å². The highest BCUT2D eigenvalue weighted by atomic mass is 16.1. The molecule has 0 spiro atoms. The highest BCUT2D eigenvalue weighted by Gasteiger charge is 2.26. The van der Waals surface area contributed by atoms with Crippen molar-refractivity contribution in [3.8, 4) is 0 Å². The number of hydrogen-bond donors (Lipinski definition) is 2. The van der Waals surface area contributed by atoms with Gasteiger partial charge in [0, 0.05) is 36.6 Å². The third-order valence-corrected chi connectivity index (χ3v) is 6.84. The first-order valence-electron chi connectivity index (χ1n) is 11.5. The van der Waals surface area contributed by atoms with Gasteiger partial charge >= 0.3 is 0 Å². The Bertz CT molecular complexity index is 974. The summed E-state index contributed by atoms with van der Waals surface area (Å²) >= 11 is 0. The number of anilines is 1. The van der Waals surface area contributed by atoms with Crippen molar-refractivity contribution in [1.29, 1.82) is 0 Å². The summed E-state index contributed by atoms with van der Waals surface area (Å²) in [5, 5.41) is 2.92. The fourth-order valence-corrected chi connectivity index (χ4v) is 4.89. The lowest BCUT2D eigenvalue weighted by molar-refractivity contribution is 0.0949. The summed E-state index contributed by atoms with van der Waals surface area (Å²) in [5.41, 5.74) is 4.69. The van der Waals surface area contributed by atoms with Crippen LogP contribution in [0.25, 0.3) is 0 Å². The molecule has 0 aromatic carbocycles. The predicted octanol–water partition coefficient (Wildman–Crippen LogP) is 4.42. The second kappa shape index (κ2) is 10.1. The second-order valence-electron chi connectivity index (χ2n) is 8.83. The van der Waals surface area contributed by atoms with Crippen molar-refractivity contribution in [1.82, 2.24) is 15.3 Å². The summed E-state index contributed by atoms with van der Waals surface area (Å²) in [7, 11) is 0. The first-order valence-corrected chi connectivity index (χ1v) is 11.5. The molecule has 0 bridgehead atoms. The lowest BCUT2D eigenvalue weighted by atomic mass is 9.83. The van der Waals surface area contributed by atoms with Gasteiger partial charge in [-0.25, -0.2) is 0 Å². The molecule has 2 heterocycles. The minimum absolute atomic E-state index is 0.152. The standard InChI is InChI=1S/C25H36N4O2/c1-6-19-8-10-20(11-9-19)29(7-2)23-15-26-13-22(18(23)5)24(30)27-14-21-16(3)12-17(4)28-25(21)31/h12-13,15,19-20H,6-11,14H2,1-5H3,(H,27,30)(H,28,31).